The number of hydrogen-bond donors (Lipinski definition) is 0. The van der Waals surface area contributed by atoms with E-state index in [1.807, 2.05) is 0 Å². The molecule has 0 saturated carbocycles. The molecule has 3 heteroatoms. The third kappa shape index (κ3) is 3.62. The van der Waals surface area contributed by atoms with Crippen LogP contribution >= 0.6 is 7.55 Å². The summed E-state index contributed by atoms with van der Waals surface area (Å²) in [5.74, 6) is 0. The molecule has 0 saturated heterocycles. The van der Waals surface area contributed by atoms with Gasteiger partial charge in [-0.25, -0.2) is 24.3 Å². The molecule has 25 heavy (non-hydrogen) atoms. The highest BCUT2D eigenvalue weighted by Gasteiger charge is 2.23. The minimum atomic E-state index is -0.594. The highest BCUT2D eigenvalue weighted by molar-refractivity contribution is 7.74. The SMILES string of the molecule is CO[C@@H](C)c1ccc[c-]1[P+](=C1C=CC=CC1)[c-]1cccc1[C@H](C)OC. The lowest BCUT2D eigenvalue weighted by Gasteiger charge is -2.19. The molecule has 2 aromatic carbocycles. The van der Waals surface area contributed by atoms with Gasteiger partial charge in [0.05, 0.1) is 19.8 Å². The highest BCUT2D eigenvalue weighted by Crippen LogP contribution is 2.35. The molecule has 2 nitrogen and oxygen atoms in total. The lowest BCUT2D eigenvalue weighted by Crippen LogP contribution is -2.18. The average molecular weight is 353 g/mol. The standard InChI is InChI=1S/C22H26O2P/c1-16(23-3)19-12-8-14-21(19)25(18-10-6-5-7-11-18)22-15-9-13-20(22)17(2)24-4/h5-10,12-17H,11H2,1-4H3/q-1/t16-,17-/m0/s1. The van der Waals surface area contributed by atoms with Crippen LogP contribution in [0.25, 0.3) is 0 Å². The van der Waals surface area contributed by atoms with Gasteiger partial charge in [-0.2, -0.15) is 0 Å². The van der Waals surface area contributed by atoms with E-state index in [9.17, 15) is 0 Å². The van der Waals surface area contributed by atoms with Gasteiger partial charge in [-0.1, -0.05) is 29.4 Å². The Kier molecular flexibility index (Phi) is 5.86. The van der Waals surface area contributed by atoms with Gasteiger partial charge in [-0.3, -0.25) is 0 Å². The van der Waals surface area contributed by atoms with E-state index in [1.54, 1.807) is 14.2 Å². The first kappa shape index (κ1) is 18.1. The first-order valence-corrected chi connectivity index (χ1v) is 10.1. The highest BCUT2D eigenvalue weighted by atomic mass is 31.1. The Labute approximate surface area is 151 Å². The normalized spacial score (nSPS) is 16.2. The zero-order valence-electron chi connectivity index (χ0n) is 15.4. The zero-order chi connectivity index (χ0) is 17.8. The maximum atomic E-state index is 5.63. The predicted octanol–water partition coefficient (Wildman–Crippen LogP) is 4.66. The quantitative estimate of drug-likeness (QED) is 0.555. The van der Waals surface area contributed by atoms with Gasteiger partial charge in [0.2, 0.25) is 0 Å². The minimum Gasteiger partial charge on any atom is -0.379 e. The topological polar surface area (TPSA) is 18.5 Å². The lowest BCUT2D eigenvalue weighted by molar-refractivity contribution is 0.120. The number of ether oxygens (including phenoxy) is 2. The van der Waals surface area contributed by atoms with Crippen molar-refractivity contribution in [3.8, 4) is 0 Å². The second-order valence-electron chi connectivity index (χ2n) is 6.31. The minimum absolute atomic E-state index is 0.0944. The Hall–Kier alpha value is -1.73. The van der Waals surface area contributed by atoms with E-state index in [0.717, 1.165) is 6.42 Å². The van der Waals surface area contributed by atoms with E-state index in [1.165, 1.54) is 27.0 Å². The second kappa shape index (κ2) is 8.10. The molecule has 0 fully saturated rings. The van der Waals surface area contributed by atoms with Crippen molar-refractivity contribution in [3.05, 3.63) is 71.8 Å². The third-order valence-corrected chi connectivity index (χ3v) is 7.55. The molecule has 0 spiro atoms. The Morgan fingerprint density at radius 1 is 0.920 bits per heavy atom. The van der Waals surface area contributed by atoms with E-state index < -0.39 is 7.55 Å². The van der Waals surface area contributed by atoms with Crippen LogP contribution < -0.4 is 10.6 Å². The number of methoxy groups -OCH3 is 2. The maximum absolute atomic E-state index is 5.63. The summed E-state index contributed by atoms with van der Waals surface area (Å²) < 4.78 is 11.3. The third-order valence-electron chi connectivity index (χ3n) is 4.87. The van der Waals surface area contributed by atoms with Crippen LogP contribution in [-0.2, 0) is 9.47 Å². The Morgan fingerprint density at radius 3 is 1.92 bits per heavy atom. The van der Waals surface area contributed by atoms with E-state index in [2.05, 4.69) is 74.5 Å². The van der Waals surface area contributed by atoms with E-state index >= 15 is 0 Å². The predicted molar refractivity (Wildman–Crippen MR) is 109 cm³/mol. The van der Waals surface area contributed by atoms with Crippen molar-refractivity contribution < 1.29 is 9.47 Å². The summed E-state index contributed by atoms with van der Waals surface area (Å²) in [6, 6.07) is 13.2. The summed E-state index contributed by atoms with van der Waals surface area (Å²) in [6.07, 6.45) is 10.0. The fourth-order valence-electron chi connectivity index (χ4n) is 3.30. The van der Waals surface area contributed by atoms with Crippen molar-refractivity contribution >= 4 is 23.4 Å². The Morgan fingerprint density at radius 2 is 1.48 bits per heavy atom. The molecule has 2 aromatic rings. The molecule has 0 N–H and O–H groups in total. The molecule has 2 atom stereocenters. The molecule has 1 aliphatic carbocycles. The van der Waals surface area contributed by atoms with Crippen molar-refractivity contribution in [1.82, 2.24) is 0 Å². The van der Waals surface area contributed by atoms with Crippen molar-refractivity contribution in [2.75, 3.05) is 14.2 Å². The summed E-state index contributed by atoms with van der Waals surface area (Å²) in [6.45, 7) is 4.24. The van der Waals surface area contributed by atoms with Gasteiger partial charge < -0.3 is 9.47 Å². The van der Waals surface area contributed by atoms with Gasteiger partial charge in [0.15, 0.2) is 0 Å². The molecule has 1 aliphatic rings. The molecule has 0 heterocycles. The van der Waals surface area contributed by atoms with E-state index in [4.69, 9.17) is 9.47 Å². The van der Waals surface area contributed by atoms with Crippen LogP contribution in [0.2, 0.25) is 0 Å². The molecule has 132 valence electrons. The lowest BCUT2D eigenvalue weighted by atomic mass is 10.2. The van der Waals surface area contributed by atoms with Crippen LogP contribution in [-0.4, -0.2) is 19.5 Å². The molecule has 0 amide bonds. The first-order chi connectivity index (χ1) is 12.2. The second-order valence-corrected chi connectivity index (χ2v) is 8.52. The molecular formula is C22H26O2P-. The van der Waals surface area contributed by atoms with Gasteiger partial charge >= 0.3 is 0 Å². The van der Waals surface area contributed by atoms with Crippen molar-refractivity contribution in [1.29, 1.82) is 0 Å². The molecule has 0 unspecified atom stereocenters. The largest absolute Gasteiger partial charge is 0.379 e. The van der Waals surface area contributed by atoms with Crippen LogP contribution in [0.1, 0.15) is 43.6 Å². The molecule has 0 radical (unpaired) electrons. The number of allylic oxidation sites excluding steroid dienone is 4. The molecular weight excluding hydrogens is 327 g/mol. The smallest absolute Gasteiger partial charge is 0.112 e. The monoisotopic (exact) mass is 353 g/mol. The fourth-order valence-corrected chi connectivity index (χ4v) is 6.21. The zero-order valence-corrected chi connectivity index (χ0v) is 16.3. The molecule has 0 aliphatic heterocycles. The summed E-state index contributed by atoms with van der Waals surface area (Å²) in [4.78, 5) is 0. The van der Waals surface area contributed by atoms with Gasteiger partial charge in [0.25, 0.3) is 0 Å². The van der Waals surface area contributed by atoms with Gasteiger partial charge in [0.1, 0.15) is 5.29 Å². The van der Waals surface area contributed by atoms with Crippen molar-refractivity contribution in [3.63, 3.8) is 0 Å². The molecule has 3 rings (SSSR count). The van der Waals surface area contributed by atoms with E-state index in [-0.39, 0.29) is 12.2 Å². The molecule has 0 bridgehead atoms. The Balaban J connectivity index is 2.20. The first-order valence-electron chi connectivity index (χ1n) is 8.73. The average Bonchev–Trinajstić information content (AvgIpc) is 3.32. The summed E-state index contributed by atoms with van der Waals surface area (Å²) in [7, 11) is 2.96. The van der Waals surface area contributed by atoms with Gasteiger partial charge in [0, 0.05) is 31.2 Å². The van der Waals surface area contributed by atoms with Crippen LogP contribution in [0.5, 0.6) is 0 Å². The number of hydrogen-bond acceptors (Lipinski definition) is 2. The van der Waals surface area contributed by atoms with Gasteiger partial charge in [-0.05, 0) is 19.9 Å². The van der Waals surface area contributed by atoms with E-state index in [0.29, 0.717) is 0 Å². The van der Waals surface area contributed by atoms with Crippen LogP contribution in [0.4, 0.5) is 0 Å². The summed E-state index contributed by atoms with van der Waals surface area (Å²) >= 11 is 0. The van der Waals surface area contributed by atoms with Crippen molar-refractivity contribution in [2.45, 2.75) is 32.5 Å². The number of rotatable bonds is 6. The van der Waals surface area contributed by atoms with Crippen molar-refractivity contribution in [2.24, 2.45) is 0 Å². The van der Waals surface area contributed by atoms with Crippen LogP contribution in [0, 0.1) is 0 Å². The summed E-state index contributed by atoms with van der Waals surface area (Å²) in [5.41, 5.74) is 2.59. The van der Waals surface area contributed by atoms with Crippen LogP contribution in [0.3, 0.4) is 0 Å². The molecule has 0 aromatic heterocycles. The fraction of sp³-hybridized carbons (Fsp3) is 0.318. The van der Waals surface area contributed by atoms with Gasteiger partial charge in [-0.15, -0.1) is 12.1 Å². The summed E-state index contributed by atoms with van der Waals surface area (Å²) in [5, 5.41) is 4.27. The van der Waals surface area contributed by atoms with Crippen LogP contribution in [0.15, 0.2) is 60.7 Å². The maximum Gasteiger partial charge on any atom is 0.112 e. The Bertz CT molecular complexity index is 753.